The van der Waals surface area contributed by atoms with E-state index in [0.29, 0.717) is 0 Å². The standard InChI is InChI=1S/C6H6Br/c7-6-4-2-1-3-5-6/h1-2,4-5H,3H2. The second-order valence-corrected chi connectivity index (χ2v) is 2.34. The van der Waals surface area contributed by atoms with Crippen molar-refractivity contribution < 1.29 is 0 Å². The Kier molecular flexibility index (Phi) is 1.69. The van der Waals surface area contributed by atoms with Crippen molar-refractivity contribution in [3.8, 4) is 0 Å². The maximum atomic E-state index is 3.34. The molecule has 1 radical (unpaired) electrons. The summed E-state index contributed by atoms with van der Waals surface area (Å²) in [5.74, 6) is 0. The summed E-state index contributed by atoms with van der Waals surface area (Å²) in [6.45, 7) is 0. The molecule has 0 aromatic carbocycles. The van der Waals surface area contributed by atoms with E-state index >= 15 is 0 Å². The fraction of sp³-hybridized carbons (Fsp3) is 0.167. The molecule has 0 aromatic rings. The summed E-state index contributed by atoms with van der Waals surface area (Å²) in [5, 5.41) is 0. The second kappa shape index (κ2) is 2.31. The SMILES string of the molecule is BrC1=CC=CC[CH]1. The van der Waals surface area contributed by atoms with Gasteiger partial charge in [-0.05, 0) is 10.9 Å². The lowest BCUT2D eigenvalue weighted by atomic mass is 10.2. The van der Waals surface area contributed by atoms with Gasteiger partial charge in [-0.2, -0.15) is 0 Å². The molecule has 1 aliphatic carbocycles. The first-order valence-electron chi connectivity index (χ1n) is 2.25. The molecule has 0 heterocycles. The quantitative estimate of drug-likeness (QED) is 0.507. The molecule has 0 spiro atoms. The molecule has 0 saturated carbocycles. The minimum Gasteiger partial charge on any atom is -0.0839 e. The summed E-state index contributed by atoms with van der Waals surface area (Å²) in [5.41, 5.74) is 0. The Labute approximate surface area is 52.0 Å². The Morgan fingerprint density at radius 3 is 2.71 bits per heavy atom. The molecule has 0 amide bonds. The predicted molar refractivity (Wildman–Crippen MR) is 35.1 cm³/mol. The summed E-state index contributed by atoms with van der Waals surface area (Å²) < 4.78 is 1.19. The van der Waals surface area contributed by atoms with Crippen LogP contribution in [0.5, 0.6) is 0 Å². The highest BCUT2D eigenvalue weighted by Crippen LogP contribution is 2.15. The fourth-order valence-electron chi connectivity index (χ4n) is 0.487. The van der Waals surface area contributed by atoms with Gasteiger partial charge in [-0.25, -0.2) is 0 Å². The van der Waals surface area contributed by atoms with Crippen molar-refractivity contribution in [2.45, 2.75) is 6.42 Å². The van der Waals surface area contributed by atoms with Crippen LogP contribution in [0, 0.1) is 6.42 Å². The van der Waals surface area contributed by atoms with E-state index in [4.69, 9.17) is 0 Å². The number of allylic oxidation sites excluding steroid dienone is 4. The van der Waals surface area contributed by atoms with E-state index < -0.39 is 0 Å². The zero-order valence-electron chi connectivity index (χ0n) is 3.89. The van der Waals surface area contributed by atoms with Gasteiger partial charge in [0, 0.05) is 6.42 Å². The van der Waals surface area contributed by atoms with E-state index in [9.17, 15) is 0 Å². The van der Waals surface area contributed by atoms with Crippen LogP contribution in [0.1, 0.15) is 6.42 Å². The lowest BCUT2D eigenvalue weighted by molar-refractivity contribution is 1.26. The molecular weight excluding hydrogens is 152 g/mol. The van der Waals surface area contributed by atoms with Crippen LogP contribution in [0.2, 0.25) is 0 Å². The minimum atomic E-state index is 1.07. The van der Waals surface area contributed by atoms with Crippen molar-refractivity contribution in [1.29, 1.82) is 0 Å². The largest absolute Gasteiger partial charge is 0.0839 e. The highest BCUT2D eigenvalue weighted by atomic mass is 79.9. The molecule has 0 nitrogen and oxygen atoms in total. The Morgan fingerprint density at radius 1 is 1.57 bits per heavy atom. The summed E-state index contributed by atoms with van der Waals surface area (Å²) in [7, 11) is 0. The van der Waals surface area contributed by atoms with E-state index in [2.05, 4.69) is 28.4 Å². The van der Waals surface area contributed by atoms with Gasteiger partial charge in [-0.3, -0.25) is 0 Å². The summed E-state index contributed by atoms with van der Waals surface area (Å²) in [4.78, 5) is 0. The summed E-state index contributed by atoms with van der Waals surface area (Å²) in [6, 6.07) is 0. The van der Waals surface area contributed by atoms with Crippen LogP contribution >= 0.6 is 15.9 Å². The lowest BCUT2D eigenvalue weighted by Gasteiger charge is -1.96. The van der Waals surface area contributed by atoms with Crippen LogP contribution in [-0.2, 0) is 0 Å². The molecule has 0 unspecified atom stereocenters. The summed E-state index contributed by atoms with van der Waals surface area (Å²) in [6.07, 6.45) is 9.38. The van der Waals surface area contributed by atoms with Crippen molar-refractivity contribution in [3.05, 3.63) is 29.1 Å². The zero-order chi connectivity index (χ0) is 5.11. The normalized spacial score (nSPS) is 19.3. The minimum absolute atomic E-state index is 1.07. The molecule has 37 valence electrons. The van der Waals surface area contributed by atoms with Crippen LogP contribution in [0.15, 0.2) is 22.7 Å². The van der Waals surface area contributed by atoms with Crippen LogP contribution in [0.4, 0.5) is 0 Å². The molecule has 0 saturated heterocycles. The van der Waals surface area contributed by atoms with E-state index in [0.717, 1.165) is 6.42 Å². The van der Waals surface area contributed by atoms with Crippen molar-refractivity contribution in [2.75, 3.05) is 0 Å². The number of hydrogen-bond donors (Lipinski definition) is 0. The third kappa shape index (κ3) is 1.48. The molecule has 1 aliphatic rings. The van der Waals surface area contributed by atoms with Gasteiger partial charge in [0.05, 0.1) is 0 Å². The van der Waals surface area contributed by atoms with Crippen LogP contribution < -0.4 is 0 Å². The molecule has 7 heavy (non-hydrogen) atoms. The molecule has 0 N–H and O–H groups in total. The van der Waals surface area contributed by atoms with E-state index in [1.165, 1.54) is 4.48 Å². The number of halogens is 1. The highest BCUT2D eigenvalue weighted by Gasteiger charge is 1.91. The van der Waals surface area contributed by atoms with Gasteiger partial charge >= 0.3 is 0 Å². The van der Waals surface area contributed by atoms with Crippen LogP contribution in [0.25, 0.3) is 0 Å². The Bertz CT molecular complexity index is 111. The average molecular weight is 158 g/mol. The molecule has 1 rings (SSSR count). The van der Waals surface area contributed by atoms with Gasteiger partial charge in [-0.15, -0.1) is 0 Å². The molecule has 0 atom stereocenters. The number of hydrogen-bond acceptors (Lipinski definition) is 0. The monoisotopic (exact) mass is 157 g/mol. The Balaban J connectivity index is 2.57. The third-order valence-corrected chi connectivity index (χ3v) is 1.43. The average Bonchev–Trinajstić information content (AvgIpc) is 1.69. The van der Waals surface area contributed by atoms with Gasteiger partial charge in [-0.1, -0.05) is 34.2 Å². The van der Waals surface area contributed by atoms with Gasteiger partial charge in [0.25, 0.3) is 0 Å². The van der Waals surface area contributed by atoms with Gasteiger partial charge in [0.1, 0.15) is 0 Å². The zero-order valence-corrected chi connectivity index (χ0v) is 5.48. The fourth-order valence-corrected chi connectivity index (χ4v) is 0.827. The van der Waals surface area contributed by atoms with Crippen LogP contribution in [0.3, 0.4) is 0 Å². The summed E-state index contributed by atoms with van der Waals surface area (Å²) >= 11 is 3.34. The molecule has 1 heteroatoms. The van der Waals surface area contributed by atoms with E-state index in [1.54, 1.807) is 0 Å². The maximum Gasteiger partial charge on any atom is 0.00159 e. The number of rotatable bonds is 0. The van der Waals surface area contributed by atoms with Gasteiger partial charge < -0.3 is 0 Å². The molecular formula is C6H6Br. The van der Waals surface area contributed by atoms with Crippen molar-refractivity contribution in [2.24, 2.45) is 0 Å². The Hall–Kier alpha value is -0.0400. The topological polar surface area (TPSA) is 0 Å². The van der Waals surface area contributed by atoms with E-state index in [-0.39, 0.29) is 0 Å². The van der Waals surface area contributed by atoms with Gasteiger partial charge in [0.2, 0.25) is 0 Å². The molecule has 0 fully saturated rings. The Morgan fingerprint density at radius 2 is 2.43 bits per heavy atom. The first-order valence-corrected chi connectivity index (χ1v) is 3.04. The molecule has 0 bridgehead atoms. The van der Waals surface area contributed by atoms with Crippen molar-refractivity contribution in [1.82, 2.24) is 0 Å². The van der Waals surface area contributed by atoms with Gasteiger partial charge in [0.15, 0.2) is 0 Å². The third-order valence-electron chi connectivity index (χ3n) is 0.840. The van der Waals surface area contributed by atoms with Crippen LogP contribution in [-0.4, -0.2) is 0 Å². The first kappa shape index (κ1) is 5.10. The maximum absolute atomic E-state index is 3.34. The van der Waals surface area contributed by atoms with Crippen molar-refractivity contribution >= 4 is 15.9 Å². The first-order chi connectivity index (χ1) is 3.39. The highest BCUT2D eigenvalue weighted by molar-refractivity contribution is 9.11. The smallest absolute Gasteiger partial charge is 0.00159 e. The second-order valence-electron chi connectivity index (χ2n) is 1.42. The molecule has 0 aromatic heterocycles. The van der Waals surface area contributed by atoms with E-state index in [1.807, 2.05) is 12.2 Å². The van der Waals surface area contributed by atoms with Crippen molar-refractivity contribution in [3.63, 3.8) is 0 Å². The molecule has 0 aliphatic heterocycles. The lowest BCUT2D eigenvalue weighted by Crippen LogP contribution is -1.76. The predicted octanol–water partition coefficient (Wildman–Crippen LogP) is 2.43.